The minimum atomic E-state index is 0.254. The Morgan fingerprint density at radius 2 is 1.74 bits per heavy atom. The van der Waals surface area contributed by atoms with Gasteiger partial charge in [-0.1, -0.05) is 48.0 Å². The van der Waals surface area contributed by atoms with Gasteiger partial charge in [0.25, 0.3) is 0 Å². The molecular formula is C24H30N2O. The maximum atomic E-state index is 13.0. The van der Waals surface area contributed by atoms with Crippen LogP contribution >= 0.6 is 0 Å². The number of carbonyl (C=O) groups is 1. The molecule has 0 N–H and O–H groups in total. The Balaban J connectivity index is 1.30. The third-order valence-corrected chi connectivity index (χ3v) is 6.19. The number of hydrogen-bond acceptors (Lipinski definition) is 2. The molecule has 0 spiro atoms. The third kappa shape index (κ3) is 4.08. The summed E-state index contributed by atoms with van der Waals surface area (Å²) in [5.74, 6) is 0.995. The molecule has 1 saturated heterocycles. The maximum Gasteiger partial charge on any atom is 0.241 e. The van der Waals surface area contributed by atoms with Crippen molar-refractivity contribution in [2.75, 3.05) is 24.5 Å². The molecule has 2 aromatic carbocycles. The van der Waals surface area contributed by atoms with Crippen LogP contribution in [0, 0.1) is 12.8 Å². The minimum Gasteiger partial charge on any atom is -0.308 e. The maximum absolute atomic E-state index is 13.0. The van der Waals surface area contributed by atoms with Crippen LogP contribution in [0.4, 0.5) is 5.69 Å². The Morgan fingerprint density at radius 1 is 1.04 bits per heavy atom. The van der Waals surface area contributed by atoms with Crippen LogP contribution in [0.3, 0.4) is 0 Å². The second-order valence-electron chi connectivity index (χ2n) is 8.35. The van der Waals surface area contributed by atoms with Crippen molar-refractivity contribution in [2.45, 2.75) is 45.6 Å². The van der Waals surface area contributed by atoms with Gasteiger partial charge in [0.2, 0.25) is 5.91 Å². The minimum absolute atomic E-state index is 0.254. The van der Waals surface area contributed by atoms with Gasteiger partial charge in [0.15, 0.2) is 0 Å². The number of para-hydroxylation sites is 1. The van der Waals surface area contributed by atoms with E-state index < -0.39 is 0 Å². The van der Waals surface area contributed by atoms with E-state index in [1.807, 2.05) is 11.0 Å². The van der Waals surface area contributed by atoms with Crippen molar-refractivity contribution in [3.05, 3.63) is 65.2 Å². The standard InChI is InChI=1S/C24H30N2O/c1-18-7-9-20(10-8-18)16-21-11-13-25(14-12-21)17-24(27)26-19(2)15-22-5-3-4-6-23(22)26/h3-10,19,21H,11-17H2,1-2H3. The van der Waals surface area contributed by atoms with Gasteiger partial charge in [0.05, 0.1) is 6.54 Å². The lowest BCUT2D eigenvalue weighted by molar-refractivity contribution is -0.120. The van der Waals surface area contributed by atoms with Crippen LogP contribution in [0.25, 0.3) is 0 Å². The van der Waals surface area contributed by atoms with Gasteiger partial charge in [-0.25, -0.2) is 0 Å². The van der Waals surface area contributed by atoms with Crippen LogP contribution in [0.1, 0.15) is 36.5 Å². The van der Waals surface area contributed by atoms with Crippen LogP contribution in [0.5, 0.6) is 0 Å². The first-order valence-electron chi connectivity index (χ1n) is 10.3. The number of amides is 1. The zero-order chi connectivity index (χ0) is 18.8. The largest absolute Gasteiger partial charge is 0.308 e. The SMILES string of the molecule is Cc1ccc(CC2CCN(CC(=O)N3c4ccccc4CC3C)CC2)cc1. The second kappa shape index (κ2) is 7.85. The van der Waals surface area contributed by atoms with Gasteiger partial charge in [-0.2, -0.15) is 0 Å². The van der Waals surface area contributed by atoms with E-state index in [0.717, 1.165) is 31.1 Å². The molecule has 142 valence electrons. The highest BCUT2D eigenvalue weighted by molar-refractivity contribution is 5.97. The first-order valence-corrected chi connectivity index (χ1v) is 10.3. The smallest absolute Gasteiger partial charge is 0.241 e. The molecule has 27 heavy (non-hydrogen) atoms. The highest BCUT2D eigenvalue weighted by Crippen LogP contribution is 2.32. The molecule has 4 rings (SSSR count). The number of aryl methyl sites for hydroxylation is 1. The summed E-state index contributed by atoms with van der Waals surface area (Å²) in [5, 5.41) is 0. The van der Waals surface area contributed by atoms with E-state index in [-0.39, 0.29) is 11.9 Å². The summed E-state index contributed by atoms with van der Waals surface area (Å²) >= 11 is 0. The van der Waals surface area contributed by atoms with E-state index in [9.17, 15) is 4.79 Å². The molecule has 2 heterocycles. The number of piperidine rings is 1. The lowest BCUT2D eigenvalue weighted by atomic mass is 9.90. The second-order valence-corrected chi connectivity index (χ2v) is 8.35. The molecule has 0 aliphatic carbocycles. The number of hydrogen-bond donors (Lipinski definition) is 0. The Bertz CT molecular complexity index is 790. The first kappa shape index (κ1) is 18.2. The first-order chi connectivity index (χ1) is 13.1. The predicted molar refractivity (Wildman–Crippen MR) is 111 cm³/mol. The normalized spacial score (nSPS) is 20.7. The molecule has 0 bridgehead atoms. The molecule has 3 nitrogen and oxygen atoms in total. The molecule has 1 unspecified atom stereocenters. The van der Waals surface area contributed by atoms with Gasteiger partial charge >= 0.3 is 0 Å². The van der Waals surface area contributed by atoms with Crippen molar-refractivity contribution in [2.24, 2.45) is 5.92 Å². The average molecular weight is 363 g/mol. The van der Waals surface area contributed by atoms with E-state index in [4.69, 9.17) is 0 Å². The number of benzene rings is 2. The van der Waals surface area contributed by atoms with Crippen LogP contribution < -0.4 is 4.90 Å². The fraction of sp³-hybridized carbons (Fsp3) is 0.458. The van der Waals surface area contributed by atoms with Gasteiger partial charge in [0.1, 0.15) is 0 Å². The van der Waals surface area contributed by atoms with Crippen molar-refractivity contribution in [3.63, 3.8) is 0 Å². The van der Waals surface area contributed by atoms with Gasteiger partial charge in [0, 0.05) is 11.7 Å². The van der Waals surface area contributed by atoms with Crippen LogP contribution in [-0.4, -0.2) is 36.5 Å². The summed E-state index contributed by atoms with van der Waals surface area (Å²) in [5.41, 5.74) is 5.18. The molecule has 0 aromatic heterocycles. The number of fused-ring (bicyclic) bond motifs is 1. The van der Waals surface area contributed by atoms with Crippen molar-refractivity contribution in [3.8, 4) is 0 Å². The Morgan fingerprint density at radius 3 is 2.48 bits per heavy atom. The lowest BCUT2D eigenvalue weighted by Crippen LogP contribution is -2.45. The fourth-order valence-corrected chi connectivity index (χ4v) is 4.62. The summed E-state index contributed by atoms with van der Waals surface area (Å²) < 4.78 is 0. The van der Waals surface area contributed by atoms with Gasteiger partial charge in [-0.3, -0.25) is 9.69 Å². The Hall–Kier alpha value is -2.13. The molecule has 1 fully saturated rings. The number of nitrogens with zero attached hydrogens (tertiary/aromatic N) is 2. The average Bonchev–Trinajstić information content (AvgIpc) is 3.01. The Kier molecular flexibility index (Phi) is 5.31. The summed E-state index contributed by atoms with van der Waals surface area (Å²) in [6, 6.07) is 17.5. The fourth-order valence-electron chi connectivity index (χ4n) is 4.62. The third-order valence-electron chi connectivity index (χ3n) is 6.19. The lowest BCUT2D eigenvalue weighted by Gasteiger charge is -2.33. The van der Waals surface area contributed by atoms with Gasteiger partial charge in [-0.15, -0.1) is 0 Å². The zero-order valence-electron chi connectivity index (χ0n) is 16.5. The predicted octanol–water partition coefficient (Wildman–Crippen LogP) is 4.23. The molecule has 1 amide bonds. The highest BCUT2D eigenvalue weighted by Gasteiger charge is 2.32. The topological polar surface area (TPSA) is 23.6 Å². The van der Waals surface area contributed by atoms with Crippen molar-refractivity contribution in [1.82, 2.24) is 4.90 Å². The van der Waals surface area contributed by atoms with E-state index >= 15 is 0 Å². The number of anilines is 1. The molecule has 0 saturated carbocycles. The van der Waals surface area contributed by atoms with Crippen molar-refractivity contribution in [1.29, 1.82) is 0 Å². The van der Waals surface area contributed by atoms with Crippen LogP contribution in [0.15, 0.2) is 48.5 Å². The number of rotatable bonds is 4. The molecule has 1 atom stereocenters. The van der Waals surface area contributed by atoms with Crippen LogP contribution in [-0.2, 0) is 17.6 Å². The van der Waals surface area contributed by atoms with E-state index in [1.54, 1.807) is 0 Å². The van der Waals surface area contributed by atoms with E-state index in [1.165, 1.54) is 36.0 Å². The summed E-state index contributed by atoms with van der Waals surface area (Å²) in [6.07, 6.45) is 4.51. The Labute approximate surface area is 163 Å². The van der Waals surface area contributed by atoms with Gasteiger partial charge in [-0.05, 0) is 75.7 Å². The molecule has 0 radical (unpaired) electrons. The summed E-state index contributed by atoms with van der Waals surface area (Å²) in [7, 11) is 0. The summed E-state index contributed by atoms with van der Waals surface area (Å²) in [6.45, 7) is 6.92. The van der Waals surface area contributed by atoms with Crippen molar-refractivity contribution >= 4 is 11.6 Å². The van der Waals surface area contributed by atoms with Gasteiger partial charge < -0.3 is 4.90 Å². The molecule has 2 aliphatic heterocycles. The van der Waals surface area contributed by atoms with Crippen LogP contribution in [0.2, 0.25) is 0 Å². The zero-order valence-corrected chi connectivity index (χ0v) is 16.5. The van der Waals surface area contributed by atoms with E-state index in [0.29, 0.717) is 6.54 Å². The molecule has 3 heteroatoms. The molecule has 2 aliphatic rings. The molecular weight excluding hydrogens is 332 g/mol. The quantitative estimate of drug-likeness (QED) is 0.813. The highest BCUT2D eigenvalue weighted by atomic mass is 16.2. The van der Waals surface area contributed by atoms with E-state index in [2.05, 4.69) is 61.2 Å². The number of carbonyl (C=O) groups excluding carboxylic acids is 1. The summed E-state index contributed by atoms with van der Waals surface area (Å²) in [4.78, 5) is 17.3. The monoisotopic (exact) mass is 362 g/mol. The molecule has 2 aromatic rings. The number of likely N-dealkylation sites (tertiary alicyclic amines) is 1. The van der Waals surface area contributed by atoms with Crippen molar-refractivity contribution < 1.29 is 4.79 Å².